The zero-order valence-electron chi connectivity index (χ0n) is 11.4. The molecule has 1 aromatic rings. The summed E-state index contributed by atoms with van der Waals surface area (Å²) in [5.41, 5.74) is 0.936. The van der Waals surface area contributed by atoms with Crippen molar-refractivity contribution in [3.8, 4) is 0 Å². The lowest BCUT2D eigenvalue weighted by molar-refractivity contribution is -0.131. The van der Waals surface area contributed by atoms with E-state index in [4.69, 9.17) is 9.84 Å². The number of carboxylic acid groups (broad SMARTS) is 1. The van der Waals surface area contributed by atoms with E-state index in [9.17, 15) is 9.18 Å². The van der Waals surface area contributed by atoms with Gasteiger partial charge in [-0.25, -0.2) is 9.18 Å². The van der Waals surface area contributed by atoms with Crippen LogP contribution in [0.1, 0.15) is 38.3 Å². The molecule has 4 heteroatoms. The molecule has 0 heterocycles. The van der Waals surface area contributed by atoms with Gasteiger partial charge in [0.15, 0.2) is 0 Å². The van der Waals surface area contributed by atoms with Crippen LogP contribution in [-0.2, 0) is 16.1 Å². The van der Waals surface area contributed by atoms with Crippen molar-refractivity contribution in [2.75, 3.05) is 0 Å². The van der Waals surface area contributed by atoms with E-state index >= 15 is 0 Å². The van der Waals surface area contributed by atoms with Crippen molar-refractivity contribution < 1.29 is 19.0 Å². The first-order valence-corrected chi connectivity index (χ1v) is 6.17. The number of carboxylic acids is 1. The van der Waals surface area contributed by atoms with Crippen molar-refractivity contribution in [3.05, 3.63) is 41.2 Å². The predicted molar refractivity (Wildman–Crippen MR) is 72.2 cm³/mol. The fraction of sp³-hybridized carbons (Fsp3) is 0.400. The summed E-state index contributed by atoms with van der Waals surface area (Å²) >= 11 is 0. The highest BCUT2D eigenvalue weighted by Crippen LogP contribution is 2.18. The molecule has 0 aliphatic carbocycles. The lowest BCUT2D eigenvalue weighted by atomic mass is 10.1. The average Bonchev–Trinajstić information content (AvgIpc) is 2.34. The number of hydrogen-bond acceptors (Lipinski definition) is 2. The first-order chi connectivity index (χ1) is 8.82. The number of rotatable bonds is 6. The van der Waals surface area contributed by atoms with Gasteiger partial charge in [-0.2, -0.15) is 0 Å². The lowest BCUT2D eigenvalue weighted by Gasteiger charge is -2.23. The molecule has 0 fully saturated rings. The third kappa shape index (κ3) is 5.66. The molecule has 0 aliphatic rings. The van der Waals surface area contributed by atoms with Crippen molar-refractivity contribution in [1.82, 2.24) is 0 Å². The highest BCUT2D eigenvalue weighted by molar-refractivity contribution is 5.85. The Hall–Kier alpha value is -1.68. The number of benzene rings is 1. The fourth-order valence-electron chi connectivity index (χ4n) is 1.40. The van der Waals surface area contributed by atoms with E-state index < -0.39 is 11.8 Å². The summed E-state index contributed by atoms with van der Waals surface area (Å²) in [5, 5.41) is 8.55. The smallest absolute Gasteiger partial charge is 0.328 e. The molecular formula is C15H19FO3. The molecular weight excluding hydrogens is 247 g/mol. The van der Waals surface area contributed by atoms with Crippen LogP contribution >= 0.6 is 0 Å². The Labute approximate surface area is 112 Å². The molecule has 19 heavy (non-hydrogen) atoms. The summed E-state index contributed by atoms with van der Waals surface area (Å²) in [6.07, 6.45) is 3.20. The molecule has 0 atom stereocenters. The van der Waals surface area contributed by atoms with Crippen LogP contribution in [0.15, 0.2) is 24.3 Å². The summed E-state index contributed by atoms with van der Waals surface area (Å²) in [6, 6.07) is 4.39. The maximum Gasteiger partial charge on any atom is 0.328 e. The van der Waals surface area contributed by atoms with Gasteiger partial charge in [0.25, 0.3) is 0 Å². The third-order valence-electron chi connectivity index (χ3n) is 2.88. The Morgan fingerprint density at radius 1 is 1.42 bits per heavy atom. The van der Waals surface area contributed by atoms with Crippen LogP contribution in [0.5, 0.6) is 0 Å². The van der Waals surface area contributed by atoms with E-state index in [1.807, 2.05) is 20.8 Å². The van der Waals surface area contributed by atoms with E-state index in [2.05, 4.69) is 0 Å². The Morgan fingerprint density at radius 2 is 2.11 bits per heavy atom. The van der Waals surface area contributed by atoms with Gasteiger partial charge in [-0.05, 0) is 55.7 Å². The molecule has 0 amide bonds. The fourth-order valence-corrected chi connectivity index (χ4v) is 1.40. The zero-order valence-corrected chi connectivity index (χ0v) is 11.4. The third-order valence-corrected chi connectivity index (χ3v) is 2.88. The molecule has 0 aromatic heterocycles. The van der Waals surface area contributed by atoms with Crippen LogP contribution in [0.4, 0.5) is 4.39 Å². The van der Waals surface area contributed by atoms with Gasteiger partial charge in [-0.3, -0.25) is 0 Å². The van der Waals surface area contributed by atoms with Gasteiger partial charge in [0.05, 0.1) is 12.2 Å². The molecule has 1 aromatic carbocycles. The van der Waals surface area contributed by atoms with Crippen LogP contribution in [-0.4, -0.2) is 16.7 Å². The van der Waals surface area contributed by atoms with E-state index in [1.54, 1.807) is 6.07 Å². The van der Waals surface area contributed by atoms with Crippen molar-refractivity contribution >= 4 is 12.0 Å². The summed E-state index contributed by atoms with van der Waals surface area (Å²) in [4.78, 5) is 10.4. The second kappa shape index (κ2) is 6.48. The molecule has 0 aliphatic heterocycles. The normalized spacial score (nSPS) is 12.0. The van der Waals surface area contributed by atoms with Gasteiger partial charge in [0.1, 0.15) is 5.82 Å². The molecule has 0 bridgehead atoms. The maximum atomic E-state index is 13.4. The molecule has 0 saturated heterocycles. The van der Waals surface area contributed by atoms with Crippen LogP contribution in [0.3, 0.4) is 0 Å². The van der Waals surface area contributed by atoms with Crippen LogP contribution in [0, 0.1) is 5.82 Å². The lowest BCUT2D eigenvalue weighted by Crippen LogP contribution is -2.22. The number of carbonyl (C=O) groups is 1. The topological polar surface area (TPSA) is 46.5 Å². The Morgan fingerprint density at radius 3 is 2.68 bits per heavy atom. The predicted octanol–water partition coefficient (Wildman–Crippen LogP) is 3.63. The van der Waals surface area contributed by atoms with Crippen molar-refractivity contribution in [1.29, 1.82) is 0 Å². The standard InChI is InChI=1S/C15H19FO3/c1-4-15(2,3)19-10-12-7-11(5-6-14(17)18)8-13(16)9-12/h5-9H,4,10H2,1-3H3,(H,17,18). The van der Waals surface area contributed by atoms with Crippen LogP contribution in [0.25, 0.3) is 6.08 Å². The summed E-state index contributed by atoms with van der Waals surface area (Å²) in [6.45, 7) is 6.26. The van der Waals surface area contributed by atoms with Crippen molar-refractivity contribution in [2.45, 2.75) is 39.4 Å². The van der Waals surface area contributed by atoms with Crippen molar-refractivity contribution in [3.63, 3.8) is 0 Å². The SMILES string of the molecule is CCC(C)(C)OCc1cc(F)cc(C=CC(=O)O)c1. The van der Waals surface area contributed by atoms with Crippen molar-refractivity contribution in [2.24, 2.45) is 0 Å². The molecule has 0 unspecified atom stereocenters. The first-order valence-electron chi connectivity index (χ1n) is 6.17. The monoisotopic (exact) mass is 266 g/mol. The maximum absolute atomic E-state index is 13.4. The van der Waals surface area contributed by atoms with Gasteiger partial charge in [-0.15, -0.1) is 0 Å². The molecule has 1 N–H and O–H groups in total. The minimum absolute atomic E-state index is 0.261. The minimum Gasteiger partial charge on any atom is -0.478 e. The highest BCUT2D eigenvalue weighted by Gasteiger charge is 2.15. The minimum atomic E-state index is -1.06. The first kappa shape index (κ1) is 15.4. The van der Waals surface area contributed by atoms with E-state index in [-0.39, 0.29) is 5.60 Å². The Kier molecular flexibility index (Phi) is 5.24. The van der Waals surface area contributed by atoms with E-state index in [1.165, 1.54) is 18.2 Å². The van der Waals surface area contributed by atoms with Gasteiger partial charge < -0.3 is 9.84 Å². The van der Waals surface area contributed by atoms with E-state index in [0.717, 1.165) is 12.5 Å². The molecule has 0 spiro atoms. The number of hydrogen-bond donors (Lipinski definition) is 1. The van der Waals surface area contributed by atoms with Gasteiger partial charge in [0.2, 0.25) is 0 Å². The zero-order chi connectivity index (χ0) is 14.5. The molecule has 104 valence electrons. The number of aliphatic carboxylic acids is 1. The molecule has 0 radical (unpaired) electrons. The van der Waals surface area contributed by atoms with E-state index in [0.29, 0.717) is 17.7 Å². The Bertz CT molecular complexity index is 478. The highest BCUT2D eigenvalue weighted by atomic mass is 19.1. The largest absolute Gasteiger partial charge is 0.478 e. The summed E-state index contributed by atoms with van der Waals surface area (Å²) in [7, 11) is 0. The van der Waals surface area contributed by atoms with Gasteiger partial charge in [-0.1, -0.05) is 6.92 Å². The second-order valence-electron chi connectivity index (χ2n) is 4.97. The molecule has 3 nitrogen and oxygen atoms in total. The molecule has 1 rings (SSSR count). The number of halogens is 1. The van der Waals surface area contributed by atoms with Gasteiger partial charge >= 0.3 is 5.97 Å². The summed E-state index contributed by atoms with van der Waals surface area (Å²) in [5.74, 6) is -1.46. The second-order valence-corrected chi connectivity index (χ2v) is 4.97. The average molecular weight is 266 g/mol. The van der Waals surface area contributed by atoms with Crippen LogP contribution < -0.4 is 0 Å². The molecule has 0 saturated carbocycles. The Balaban J connectivity index is 2.82. The summed E-state index contributed by atoms with van der Waals surface area (Å²) < 4.78 is 19.1. The van der Waals surface area contributed by atoms with Crippen LogP contribution in [0.2, 0.25) is 0 Å². The number of ether oxygens (including phenoxy) is 1. The quantitative estimate of drug-likeness (QED) is 0.800. The van der Waals surface area contributed by atoms with Gasteiger partial charge in [0, 0.05) is 6.08 Å².